The molecule has 0 aliphatic carbocycles. The predicted molar refractivity (Wildman–Crippen MR) is 92.6 cm³/mol. The van der Waals surface area contributed by atoms with E-state index < -0.39 is 0 Å². The lowest BCUT2D eigenvalue weighted by Gasteiger charge is -2.37. The minimum Gasteiger partial charge on any atom is -0.346 e. The van der Waals surface area contributed by atoms with E-state index in [0.717, 1.165) is 32.1 Å². The van der Waals surface area contributed by atoms with Crippen LogP contribution in [0.25, 0.3) is 10.9 Å². The second-order valence-corrected chi connectivity index (χ2v) is 6.66. The molecule has 3 aromatic rings. The second kappa shape index (κ2) is 6.03. The summed E-state index contributed by atoms with van der Waals surface area (Å²) in [6, 6.07) is 11.0. The zero-order valence-electron chi connectivity index (χ0n) is 14.4. The molecule has 6 nitrogen and oxygen atoms in total. The van der Waals surface area contributed by atoms with Crippen LogP contribution in [0.1, 0.15) is 23.5 Å². The Kier molecular flexibility index (Phi) is 3.86. The summed E-state index contributed by atoms with van der Waals surface area (Å²) in [5.74, 6) is 1.42. The lowest BCUT2D eigenvalue weighted by Crippen LogP contribution is -2.46. The van der Waals surface area contributed by atoms with E-state index in [9.17, 15) is 0 Å². The summed E-state index contributed by atoms with van der Waals surface area (Å²) in [6.45, 7) is 5.74. The van der Waals surface area contributed by atoms with E-state index in [-0.39, 0.29) is 6.04 Å². The number of benzene rings is 1. The van der Waals surface area contributed by atoms with Gasteiger partial charge in [-0.25, -0.2) is 0 Å². The zero-order valence-corrected chi connectivity index (χ0v) is 14.4. The third kappa shape index (κ3) is 2.72. The number of aryl methyl sites for hydroxylation is 2. The third-order valence-electron chi connectivity index (χ3n) is 5.00. The highest BCUT2D eigenvalue weighted by molar-refractivity contribution is 5.81. The minimum atomic E-state index is 0.162. The Hall–Kier alpha value is -2.18. The van der Waals surface area contributed by atoms with E-state index in [2.05, 4.69) is 68.9 Å². The minimum absolute atomic E-state index is 0.162. The summed E-state index contributed by atoms with van der Waals surface area (Å²) < 4.78 is 7.70. The third-order valence-corrected chi connectivity index (χ3v) is 5.00. The van der Waals surface area contributed by atoms with Crippen molar-refractivity contribution in [3.8, 4) is 0 Å². The molecular weight excluding hydrogens is 302 g/mol. The standard InChI is InChI=1S/C18H23N5O/c1-13-19-18(24-20-13)17-12-23(9-8-21(17)2)11-15-10-14-6-4-5-7-16(14)22(15)3/h4-7,10,17H,8-9,11-12H2,1-3H3. The van der Waals surface area contributed by atoms with Crippen LogP contribution in [0.4, 0.5) is 0 Å². The van der Waals surface area contributed by atoms with Gasteiger partial charge in [-0.2, -0.15) is 4.98 Å². The van der Waals surface area contributed by atoms with Gasteiger partial charge in [-0.05, 0) is 31.5 Å². The van der Waals surface area contributed by atoms with Crippen molar-refractivity contribution < 1.29 is 4.52 Å². The van der Waals surface area contributed by atoms with Crippen LogP contribution in [0.2, 0.25) is 0 Å². The summed E-state index contributed by atoms with van der Waals surface area (Å²) >= 11 is 0. The topological polar surface area (TPSA) is 50.3 Å². The van der Waals surface area contributed by atoms with Crippen molar-refractivity contribution in [2.45, 2.75) is 19.5 Å². The second-order valence-electron chi connectivity index (χ2n) is 6.66. The van der Waals surface area contributed by atoms with Crippen LogP contribution < -0.4 is 0 Å². The normalized spacial score (nSPS) is 20.0. The molecule has 0 spiro atoms. The van der Waals surface area contributed by atoms with E-state index in [1.165, 1.54) is 16.6 Å². The molecule has 24 heavy (non-hydrogen) atoms. The quantitative estimate of drug-likeness (QED) is 0.740. The van der Waals surface area contributed by atoms with Gasteiger partial charge in [0.2, 0.25) is 5.89 Å². The number of fused-ring (bicyclic) bond motifs is 1. The maximum Gasteiger partial charge on any atom is 0.245 e. The van der Waals surface area contributed by atoms with Crippen molar-refractivity contribution in [2.75, 3.05) is 26.7 Å². The molecule has 1 saturated heterocycles. The average Bonchev–Trinajstić information content (AvgIpc) is 3.14. The fourth-order valence-corrected chi connectivity index (χ4v) is 3.52. The predicted octanol–water partition coefficient (Wildman–Crippen LogP) is 2.36. The smallest absolute Gasteiger partial charge is 0.245 e. The highest BCUT2D eigenvalue weighted by Gasteiger charge is 2.30. The average molecular weight is 325 g/mol. The number of hydrogen-bond acceptors (Lipinski definition) is 5. The molecule has 126 valence electrons. The van der Waals surface area contributed by atoms with Gasteiger partial charge in [-0.1, -0.05) is 23.4 Å². The molecule has 0 saturated carbocycles. The summed E-state index contributed by atoms with van der Waals surface area (Å²) in [7, 11) is 4.27. The maximum absolute atomic E-state index is 5.41. The number of rotatable bonds is 3. The van der Waals surface area contributed by atoms with Crippen molar-refractivity contribution in [3.63, 3.8) is 0 Å². The summed E-state index contributed by atoms with van der Waals surface area (Å²) in [4.78, 5) is 9.19. The van der Waals surface area contributed by atoms with Crippen molar-refractivity contribution in [1.29, 1.82) is 0 Å². The summed E-state index contributed by atoms with van der Waals surface area (Å²) in [5, 5.41) is 5.24. The van der Waals surface area contributed by atoms with E-state index in [4.69, 9.17) is 4.52 Å². The molecule has 1 atom stereocenters. The molecule has 1 fully saturated rings. The fraction of sp³-hybridized carbons (Fsp3) is 0.444. The van der Waals surface area contributed by atoms with Crippen LogP contribution >= 0.6 is 0 Å². The molecule has 3 heterocycles. The van der Waals surface area contributed by atoms with E-state index in [1.54, 1.807) is 0 Å². The first-order valence-electron chi connectivity index (χ1n) is 8.38. The molecular formula is C18H23N5O. The Balaban J connectivity index is 1.54. The molecule has 1 aliphatic heterocycles. The van der Waals surface area contributed by atoms with Crippen LogP contribution in [0.15, 0.2) is 34.9 Å². The van der Waals surface area contributed by atoms with Gasteiger partial charge < -0.3 is 9.09 Å². The number of hydrogen-bond donors (Lipinski definition) is 0. The van der Waals surface area contributed by atoms with Gasteiger partial charge in [-0.15, -0.1) is 0 Å². The Morgan fingerprint density at radius 3 is 2.79 bits per heavy atom. The van der Waals surface area contributed by atoms with Gasteiger partial charge in [0.05, 0.1) is 0 Å². The Bertz CT molecular complexity index is 852. The van der Waals surface area contributed by atoms with Crippen molar-refractivity contribution in [1.82, 2.24) is 24.5 Å². The first-order chi connectivity index (χ1) is 11.6. The zero-order chi connectivity index (χ0) is 16.7. The molecule has 1 unspecified atom stereocenters. The lowest BCUT2D eigenvalue weighted by molar-refractivity contribution is 0.0703. The number of para-hydroxylation sites is 1. The van der Waals surface area contributed by atoms with E-state index >= 15 is 0 Å². The van der Waals surface area contributed by atoms with Crippen LogP contribution in [0.5, 0.6) is 0 Å². The molecule has 0 N–H and O–H groups in total. The molecule has 4 rings (SSSR count). The highest BCUT2D eigenvalue weighted by Crippen LogP contribution is 2.25. The van der Waals surface area contributed by atoms with Gasteiger partial charge >= 0.3 is 0 Å². The Morgan fingerprint density at radius 2 is 2.04 bits per heavy atom. The highest BCUT2D eigenvalue weighted by atomic mass is 16.5. The largest absolute Gasteiger partial charge is 0.346 e. The van der Waals surface area contributed by atoms with E-state index in [1.807, 2.05) is 6.92 Å². The molecule has 0 amide bonds. The molecule has 0 radical (unpaired) electrons. The van der Waals surface area contributed by atoms with Crippen molar-refractivity contribution in [2.24, 2.45) is 7.05 Å². The number of nitrogens with zero attached hydrogens (tertiary/aromatic N) is 5. The van der Waals surface area contributed by atoms with Crippen molar-refractivity contribution in [3.05, 3.63) is 47.7 Å². The lowest BCUT2D eigenvalue weighted by atomic mass is 10.1. The molecule has 2 aromatic heterocycles. The Labute approximate surface area is 141 Å². The van der Waals surface area contributed by atoms with Crippen LogP contribution in [0.3, 0.4) is 0 Å². The monoisotopic (exact) mass is 325 g/mol. The molecule has 0 bridgehead atoms. The fourth-order valence-electron chi connectivity index (χ4n) is 3.52. The van der Waals surface area contributed by atoms with Crippen LogP contribution in [-0.4, -0.2) is 51.2 Å². The van der Waals surface area contributed by atoms with Gasteiger partial charge in [0.1, 0.15) is 6.04 Å². The number of aromatic nitrogens is 3. The molecule has 1 aromatic carbocycles. The Morgan fingerprint density at radius 1 is 1.21 bits per heavy atom. The first-order valence-corrected chi connectivity index (χ1v) is 8.38. The number of likely N-dealkylation sites (N-methyl/N-ethyl adjacent to an activating group) is 1. The SMILES string of the molecule is Cc1noc(C2CN(Cc3cc4ccccc4n3C)CCN2C)n1. The molecule has 1 aliphatic rings. The first kappa shape index (κ1) is 15.4. The van der Waals surface area contributed by atoms with Crippen LogP contribution in [-0.2, 0) is 13.6 Å². The van der Waals surface area contributed by atoms with Gasteiger partial charge in [0.25, 0.3) is 0 Å². The van der Waals surface area contributed by atoms with E-state index in [0.29, 0.717) is 5.82 Å². The van der Waals surface area contributed by atoms with Gasteiger partial charge in [-0.3, -0.25) is 9.80 Å². The molecule has 6 heteroatoms. The van der Waals surface area contributed by atoms with Gasteiger partial charge in [0, 0.05) is 44.4 Å². The van der Waals surface area contributed by atoms with Crippen molar-refractivity contribution >= 4 is 10.9 Å². The maximum atomic E-state index is 5.41. The summed E-state index contributed by atoms with van der Waals surface area (Å²) in [6.07, 6.45) is 0. The summed E-state index contributed by atoms with van der Waals surface area (Å²) in [5.41, 5.74) is 2.62. The van der Waals surface area contributed by atoms with Crippen LogP contribution in [0, 0.1) is 6.92 Å². The van der Waals surface area contributed by atoms with Gasteiger partial charge in [0.15, 0.2) is 5.82 Å². The number of piperazine rings is 1.